The second kappa shape index (κ2) is 8.16. The van der Waals surface area contributed by atoms with Gasteiger partial charge in [0.15, 0.2) is 0 Å². The molecule has 0 saturated heterocycles. The van der Waals surface area contributed by atoms with Crippen LogP contribution in [0.25, 0.3) is 0 Å². The van der Waals surface area contributed by atoms with Crippen LogP contribution in [0, 0.1) is 6.92 Å². The second-order valence-corrected chi connectivity index (χ2v) is 6.84. The van der Waals surface area contributed by atoms with Crippen LogP contribution >= 0.6 is 15.9 Å². The number of hydrogen-bond acceptors (Lipinski definition) is 2. The third-order valence-electron chi connectivity index (χ3n) is 3.71. The molecular weight excluding hydrogens is 352 g/mol. The number of rotatable bonds is 6. The maximum absolute atomic E-state index is 12.1. The standard InChI is InChI=1S/C19H23BrN2O/c1-13(2)16-6-4-5-7-18(16)21-11-10-19(23)22-17-9-8-15(20)12-14(17)3/h4-9,12-13,21H,10-11H2,1-3H3,(H,22,23). The molecule has 0 spiro atoms. The lowest BCUT2D eigenvalue weighted by atomic mass is 10.0. The first-order valence-corrected chi connectivity index (χ1v) is 8.65. The van der Waals surface area contributed by atoms with Gasteiger partial charge >= 0.3 is 0 Å². The number of aryl methyl sites for hydroxylation is 1. The van der Waals surface area contributed by atoms with Crippen LogP contribution in [-0.2, 0) is 4.79 Å². The van der Waals surface area contributed by atoms with Crippen molar-refractivity contribution < 1.29 is 4.79 Å². The van der Waals surface area contributed by atoms with E-state index in [1.807, 2.05) is 37.3 Å². The highest BCUT2D eigenvalue weighted by Crippen LogP contribution is 2.23. The number of anilines is 2. The number of carbonyl (C=O) groups excluding carboxylic acids is 1. The summed E-state index contributed by atoms with van der Waals surface area (Å²) in [6.07, 6.45) is 0.432. The first-order chi connectivity index (χ1) is 11.0. The van der Waals surface area contributed by atoms with Crippen LogP contribution in [-0.4, -0.2) is 12.5 Å². The molecule has 23 heavy (non-hydrogen) atoms. The molecule has 0 aliphatic heterocycles. The molecule has 4 heteroatoms. The van der Waals surface area contributed by atoms with Gasteiger partial charge in [-0.05, 0) is 48.2 Å². The van der Waals surface area contributed by atoms with E-state index in [4.69, 9.17) is 0 Å². The Labute approximate surface area is 146 Å². The van der Waals surface area contributed by atoms with Crippen molar-refractivity contribution in [2.45, 2.75) is 33.1 Å². The molecule has 1 amide bonds. The van der Waals surface area contributed by atoms with Gasteiger partial charge in [0.1, 0.15) is 0 Å². The number of amides is 1. The summed E-state index contributed by atoms with van der Waals surface area (Å²) in [5.74, 6) is 0.475. The smallest absolute Gasteiger partial charge is 0.226 e. The van der Waals surface area contributed by atoms with Crippen molar-refractivity contribution in [3.63, 3.8) is 0 Å². The van der Waals surface area contributed by atoms with E-state index in [1.54, 1.807) is 0 Å². The fourth-order valence-electron chi connectivity index (χ4n) is 2.45. The van der Waals surface area contributed by atoms with Gasteiger partial charge in [0.25, 0.3) is 0 Å². The molecule has 0 atom stereocenters. The summed E-state index contributed by atoms with van der Waals surface area (Å²) >= 11 is 3.43. The average Bonchev–Trinajstić information content (AvgIpc) is 2.50. The maximum atomic E-state index is 12.1. The molecule has 0 radical (unpaired) electrons. The lowest BCUT2D eigenvalue weighted by Crippen LogP contribution is -2.17. The molecule has 2 aromatic rings. The van der Waals surface area contributed by atoms with Crippen molar-refractivity contribution in [3.05, 3.63) is 58.1 Å². The topological polar surface area (TPSA) is 41.1 Å². The number of halogens is 1. The second-order valence-electron chi connectivity index (χ2n) is 5.93. The summed E-state index contributed by atoms with van der Waals surface area (Å²) in [6, 6.07) is 14.1. The van der Waals surface area contributed by atoms with Gasteiger partial charge in [-0.15, -0.1) is 0 Å². The summed E-state index contributed by atoms with van der Waals surface area (Å²) in [5.41, 5.74) is 4.29. The normalized spacial score (nSPS) is 10.7. The van der Waals surface area contributed by atoms with E-state index in [0.717, 1.165) is 21.4 Å². The largest absolute Gasteiger partial charge is 0.384 e. The van der Waals surface area contributed by atoms with Gasteiger partial charge in [-0.1, -0.05) is 48.0 Å². The summed E-state index contributed by atoms with van der Waals surface area (Å²) in [6.45, 7) is 6.94. The quantitative estimate of drug-likeness (QED) is 0.717. The molecule has 0 aromatic heterocycles. The number of benzene rings is 2. The van der Waals surface area contributed by atoms with E-state index in [0.29, 0.717) is 18.9 Å². The van der Waals surface area contributed by atoms with Crippen molar-refractivity contribution in [2.75, 3.05) is 17.2 Å². The molecular formula is C19H23BrN2O. The first-order valence-electron chi connectivity index (χ1n) is 7.86. The molecule has 2 aromatic carbocycles. The van der Waals surface area contributed by atoms with Crippen molar-refractivity contribution in [3.8, 4) is 0 Å². The third kappa shape index (κ3) is 5.10. The van der Waals surface area contributed by atoms with Crippen molar-refractivity contribution in [1.29, 1.82) is 0 Å². The Kier molecular flexibility index (Phi) is 6.22. The Morgan fingerprint density at radius 1 is 1.13 bits per heavy atom. The molecule has 122 valence electrons. The van der Waals surface area contributed by atoms with Crippen LogP contribution in [0.2, 0.25) is 0 Å². The zero-order valence-electron chi connectivity index (χ0n) is 13.8. The monoisotopic (exact) mass is 374 g/mol. The Bertz CT molecular complexity index is 683. The van der Waals surface area contributed by atoms with Gasteiger partial charge in [-0.25, -0.2) is 0 Å². The third-order valence-corrected chi connectivity index (χ3v) is 4.21. The maximum Gasteiger partial charge on any atom is 0.226 e. The van der Waals surface area contributed by atoms with Crippen LogP contribution in [0.4, 0.5) is 11.4 Å². The van der Waals surface area contributed by atoms with Gasteiger partial charge in [0.2, 0.25) is 5.91 Å². The Morgan fingerprint density at radius 2 is 1.87 bits per heavy atom. The molecule has 2 rings (SSSR count). The Balaban J connectivity index is 1.88. The summed E-state index contributed by atoms with van der Waals surface area (Å²) in [7, 11) is 0. The van der Waals surface area contributed by atoms with Gasteiger partial charge in [0.05, 0.1) is 0 Å². The summed E-state index contributed by atoms with van der Waals surface area (Å²) in [5, 5.41) is 6.33. The molecule has 0 saturated carbocycles. The first kappa shape index (κ1) is 17.5. The molecule has 0 heterocycles. The average molecular weight is 375 g/mol. The minimum atomic E-state index is 0.0185. The summed E-state index contributed by atoms with van der Waals surface area (Å²) < 4.78 is 1.01. The van der Waals surface area contributed by atoms with E-state index < -0.39 is 0 Å². The SMILES string of the molecule is Cc1cc(Br)ccc1NC(=O)CCNc1ccccc1C(C)C. The molecule has 0 fully saturated rings. The number of para-hydroxylation sites is 1. The van der Waals surface area contributed by atoms with E-state index in [9.17, 15) is 4.79 Å². The predicted molar refractivity (Wildman–Crippen MR) is 101 cm³/mol. The van der Waals surface area contributed by atoms with Crippen molar-refractivity contribution >= 4 is 33.2 Å². The lowest BCUT2D eigenvalue weighted by Gasteiger charge is -2.14. The summed E-state index contributed by atoms with van der Waals surface area (Å²) in [4.78, 5) is 12.1. The van der Waals surface area contributed by atoms with Crippen LogP contribution < -0.4 is 10.6 Å². The zero-order valence-corrected chi connectivity index (χ0v) is 15.4. The van der Waals surface area contributed by atoms with Gasteiger partial charge in [0, 0.05) is 28.8 Å². The molecule has 0 aliphatic carbocycles. The van der Waals surface area contributed by atoms with Crippen LogP contribution in [0.1, 0.15) is 37.3 Å². The van der Waals surface area contributed by atoms with Crippen molar-refractivity contribution in [1.82, 2.24) is 0 Å². The molecule has 2 N–H and O–H groups in total. The van der Waals surface area contributed by atoms with Gasteiger partial charge in [-0.2, -0.15) is 0 Å². The molecule has 0 aliphatic rings. The van der Waals surface area contributed by atoms with E-state index in [2.05, 4.69) is 52.5 Å². The Hall–Kier alpha value is -1.81. The highest BCUT2D eigenvalue weighted by Gasteiger charge is 2.07. The van der Waals surface area contributed by atoms with Crippen LogP contribution in [0.15, 0.2) is 46.9 Å². The fraction of sp³-hybridized carbons (Fsp3) is 0.316. The fourth-order valence-corrected chi connectivity index (χ4v) is 2.93. The lowest BCUT2D eigenvalue weighted by molar-refractivity contribution is -0.115. The van der Waals surface area contributed by atoms with Crippen LogP contribution in [0.3, 0.4) is 0 Å². The molecule has 3 nitrogen and oxygen atoms in total. The number of carbonyl (C=O) groups is 1. The highest BCUT2D eigenvalue weighted by atomic mass is 79.9. The minimum absolute atomic E-state index is 0.0185. The van der Waals surface area contributed by atoms with Crippen molar-refractivity contribution in [2.24, 2.45) is 0 Å². The van der Waals surface area contributed by atoms with Gasteiger partial charge in [-0.3, -0.25) is 4.79 Å². The Morgan fingerprint density at radius 3 is 2.57 bits per heavy atom. The van der Waals surface area contributed by atoms with Gasteiger partial charge < -0.3 is 10.6 Å². The number of nitrogens with one attached hydrogen (secondary N) is 2. The molecule has 0 unspecified atom stereocenters. The predicted octanol–water partition coefficient (Wildman–Crippen LogP) is 5.32. The van der Waals surface area contributed by atoms with Crippen LogP contribution in [0.5, 0.6) is 0 Å². The van der Waals surface area contributed by atoms with E-state index in [-0.39, 0.29) is 5.91 Å². The minimum Gasteiger partial charge on any atom is -0.384 e. The highest BCUT2D eigenvalue weighted by molar-refractivity contribution is 9.10. The zero-order chi connectivity index (χ0) is 16.8. The molecule has 0 bridgehead atoms. The van der Waals surface area contributed by atoms with E-state index >= 15 is 0 Å². The van der Waals surface area contributed by atoms with E-state index in [1.165, 1.54) is 5.56 Å². The number of hydrogen-bond donors (Lipinski definition) is 2.